The molecule has 0 atom stereocenters. The minimum atomic E-state index is -0.183. The Kier molecular flexibility index (Phi) is 4.23. The van der Waals surface area contributed by atoms with Gasteiger partial charge in [0, 0.05) is 29.7 Å². The summed E-state index contributed by atoms with van der Waals surface area (Å²) < 4.78 is 3.84. The summed E-state index contributed by atoms with van der Waals surface area (Å²) >= 11 is 0. The van der Waals surface area contributed by atoms with Crippen LogP contribution in [0.2, 0.25) is 0 Å². The van der Waals surface area contributed by atoms with Gasteiger partial charge in [-0.05, 0) is 36.4 Å². The van der Waals surface area contributed by atoms with Crippen LogP contribution in [0.15, 0.2) is 79.4 Å². The fourth-order valence-electron chi connectivity index (χ4n) is 3.40. The fourth-order valence-corrected chi connectivity index (χ4v) is 3.40. The van der Waals surface area contributed by atoms with Crippen molar-refractivity contribution >= 4 is 17.2 Å². The zero-order valence-corrected chi connectivity index (χ0v) is 15.9. The predicted octanol–water partition coefficient (Wildman–Crippen LogP) is 3.45. The Labute approximate surface area is 171 Å². The van der Waals surface area contributed by atoms with E-state index in [2.05, 4.69) is 21.4 Å². The van der Waals surface area contributed by atoms with Crippen LogP contribution in [0.4, 0.5) is 0 Å². The van der Waals surface area contributed by atoms with Crippen LogP contribution >= 0.6 is 0 Å². The number of benzene rings is 1. The SMILES string of the molecule is N#Cc1ccc(-c2cnc3cc(C(=O)NCc4cn5ccccc5n4)ccn23)cc1. The Hall–Kier alpha value is -4.44. The van der Waals surface area contributed by atoms with E-state index in [1.165, 1.54) is 0 Å². The maximum absolute atomic E-state index is 12.6. The van der Waals surface area contributed by atoms with E-state index in [4.69, 9.17) is 5.26 Å². The second-order valence-corrected chi connectivity index (χ2v) is 6.86. The molecule has 0 fully saturated rings. The molecule has 0 aliphatic heterocycles. The molecular formula is C23H16N6O. The summed E-state index contributed by atoms with van der Waals surface area (Å²) in [6.07, 6.45) is 7.41. The quantitative estimate of drug-likeness (QED) is 0.507. The van der Waals surface area contributed by atoms with Crippen molar-refractivity contribution in [1.82, 2.24) is 24.1 Å². The molecule has 1 amide bonds. The van der Waals surface area contributed by atoms with Gasteiger partial charge in [0.05, 0.1) is 35.8 Å². The molecule has 0 aliphatic carbocycles. The predicted molar refractivity (Wildman–Crippen MR) is 112 cm³/mol. The number of imidazole rings is 2. The number of carbonyl (C=O) groups is 1. The molecule has 0 bridgehead atoms. The summed E-state index contributed by atoms with van der Waals surface area (Å²) in [5.74, 6) is -0.183. The third kappa shape index (κ3) is 3.16. The minimum Gasteiger partial charge on any atom is -0.346 e. The molecule has 0 radical (unpaired) electrons. The number of nitrogens with zero attached hydrogens (tertiary/aromatic N) is 5. The fraction of sp³-hybridized carbons (Fsp3) is 0.0435. The van der Waals surface area contributed by atoms with Crippen LogP contribution < -0.4 is 5.32 Å². The van der Waals surface area contributed by atoms with Crippen molar-refractivity contribution in [3.8, 4) is 17.3 Å². The summed E-state index contributed by atoms with van der Waals surface area (Å²) in [5, 5.41) is 11.9. The van der Waals surface area contributed by atoms with Crippen LogP contribution in [0.3, 0.4) is 0 Å². The maximum Gasteiger partial charge on any atom is 0.251 e. The molecule has 0 saturated heterocycles. The number of hydrogen-bond donors (Lipinski definition) is 1. The maximum atomic E-state index is 12.6. The molecule has 5 aromatic rings. The minimum absolute atomic E-state index is 0.183. The monoisotopic (exact) mass is 392 g/mol. The van der Waals surface area contributed by atoms with E-state index >= 15 is 0 Å². The second-order valence-electron chi connectivity index (χ2n) is 6.86. The number of pyridine rings is 2. The third-order valence-electron chi connectivity index (χ3n) is 4.93. The molecule has 5 rings (SSSR count). The van der Waals surface area contributed by atoms with Crippen molar-refractivity contribution in [2.24, 2.45) is 0 Å². The van der Waals surface area contributed by atoms with Gasteiger partial charge in [-0.15, -0.1) is 0 Å². The standard InChI is InChI=1S/C23H16N6O/c24-12-16-4-6-17(7-5-16)20-14-25-22-11-18(8-10-29(20)22)23(30)26-13-19-15-28-9-2-1-3-21(28)27-19/h1-11,14-15H,13H2,(H,26,30). The van der Waals surface area contributed by atoms with Crippen molar-refractivity contribution in [2.45, 2.75) is 6.54 Å². The number of amides is 1. The Morgan fingerprint density at radius 2 is 1.93 bits per heavy atom. The molecule has 0 saturated carbocycles. The Morgan fingerprint density at radius 3 is 2.73 bits per heavy atom. The number of nitrogens with one attached hydrogen (secondary N) is 1. The molecule has 0 aliphatic rings. The number of aromatic nitrogens is 4. The highest BCUT2D eigenvalue weighted by molar-refractivity contribution is 5.95. The van der Waals surface area contributed by atoms with Gasteiger partial charge in [0.15, 0.2) is 0 Å². The first-order valence-corrected chi connectivity index (χ1v) is 9.40. The van der Waals surface area contributed by atoms with E-state index < -0.39 is 0 Å². The van der Waals surface area contributed by atoms with E-state index in [-0.39, 0.29) is 5.91 Å². The lowest BCUT2D eigenvalue weighted by molar-refractivity contribution is 0.0950. The van der Waals surface area contributed by atoms with Crippen LogP contribution in [-0.4, -0.2) is 24.7 Å². The van der Waals surface area contributed by atoms with Crippen molar-refractivity contribution in [3.05, 3.63) is 96.2 Å². The molecule has 1 aromatic carbocycles. The Morgan fingerprint density at radius 1 is 1.07 bits per heavy atom. The highest BCUT2D eigenvalue weighted by Crippen LogP contribution is 2.22. The molecule has 1 N–H and O–H groups in total. The van der Waals surface area contributed by atoms with Gasteiger partial charge in [-0.1, -0.05) is 18.2 Å². The first kappa shape index (κ1) is 17.6. The van der Waals surface area contributed by atoms with Gasteiger partial charge >= 0.3 is 0 Å². The largest absolute Gasteiger partial charge is 0.346 e. The number of rotatable bonds is 4. The number of nitriles is 1. The Balaban J connectivity index is 1.35. The molecule has 144 valence electrons. The topological polar surface area (TPSA) is 87.5 Å². The summed E-state index contributed by atoms with van der Waals surface area (Å²) in [4.78, 5) is 21.5. The van der Waals surface area contributed by atoms with Crippen LogP contribution in [0, 0.1) is 11.3 Å². The van der Waals surface area contributed by atoms with Crippen molar-refractivity contribution in [1.29, 1.82) is 5.26 Å². The molecular weight excluding hydrogens is 376 g/mol. The lowest BCUT2D eigenvalue weighted by Gasteiger charge is -2.06. The van der Waals surface area contributed by atoms with Gasteiger partial charge in [0.25, 0.3) is 5.91 Å². The van der Waals surface area contributed by atoms with Crippen molar-refractivity contribution in [3.63, 3.8) is 0 Å². The number of hydrogen-bond acceptors (Lipinski definition) is 4. The third-order valence-corrected chi connectivity index (χ3v) is 4.93. The average molecular weight is 392 g/mol. The molecule has 30 heavy (non-hydrogen) atoms. The van der Waals surface area contributed by atoms with Crippen molar-refractivity contribution < 1.29 is 4.79 Å². The normalized spacial score (nSPS) is 10.9. The van der Waals surface area contributed by atoms with E-state index in [0.717, 1.165) is 22.6 Å². The molecule has 7 nitrogen and oxygen atoms in total. The van der Waals surface area contributed by atoms with Gasteiger partial charge in [0.2, 0.25) is 0 Å². The number of carbonyl (C=O) groups excluding carboxylic acids is 1. The lowest BCUT2D eigenvalue weighted by Crippen LogP contribution is -2.23. The van der Waals surface area contributed by atoms with Crippen molar-refractivity contribution in [2.75, 3.05) is 0 Å². The van der Waals surface area contributed by atoms with Gasteiger partial charge in [-0.25, -0.2) is 9.97 Å². The Bertz CT molecular complexity index is 1390. The molecule has 4 heterocycles. The number of fused-ring (bicyclic) bond motifs is 2. The van der Waals surface area contributed by atoms with Gasteiger partial charge in [-0.2, -0.15) is 5.26 Å². The molecule has 0 unspecified atom stereocenters. The summed E-state index contributed by atoms with van der Waals surface area (Å²) in [6.45, 7) is 0.344. The molecule has 0 spiro atoms. The van der Waals surface area contributed by atoms with E-state index in [9.17, 15) is 4.79 Å². The first-order chi connectivity index (χ1) is 14.7. The molecule has 7 heteroatoms. The highest BCUT2D eigenvalue weighted by atomic mass is 16.1. The van der Waals surface area contributed by atoms with Gasteiger partial charge < -0.3 is 9.72 Å². The van der Waals surface area contributed by atoms with Crippen LogP contribution in [0.25, 0.3) is 22.6 Å². The summed E-state index contributed by atoms with van der Waals surface area (Å²) in [5.41, 5.74) is 5.29. The van der Waals surface area contributed by atoms with E-state index in [1.807, 2.05) is 57.7 Å². The van der Waals surface area contributed by atoms with Crippen LogP contribution in [0.5, 0.6) is 0 Å². The van der Waals surface area contributed by atoms with Gasteiger partial charge in [0.1, 0.15) is 11.3 Å². The zero-order chi connectivity index (χ0) is 20.5. The van der Waals surface area contributed by atoms with Gasteiger partial charge in [-0.3, -0.25) is 9.20 Å². The molecule has 4 aromatic heterocycles. The lowest BCUT2D eigenvalue weighted by atomic mass is 10.1. The van der Waals surface area contributed by atoms with E-state index in [1.54, 1.807) is 30.5 Å². The smallest absolute Gasteiger partial charge is 0.251 e. The zero-order valence-electron chi connectivity index (χ0n) is 15.9. The highest BCUT2D eigenvalue weighted by Gasteiger charge is 2.11. The second kappa shape index (κ2) is 7.18. The van der Waals surface area contributed by atoms with E-state index in [0.29, 0.717) is 23.3 Å². The first-order valence-electron chi connectivity index (χ1n) is 9.40. The average Bonchev–Trinajstić information content (AvgIpc) is 3.40. The van der Waals surface area contributed by atoms with Crippen LogP contribution in [-0.2, 0) is 6.54 Å². The summed E-state index contributed by atoms with van der Waals surface area (Å²) in [6, 6.07) is 18.7. The van der Waals surface area contributed by atoms with Crippen LogP contribution in [0.1, 0.15) is 21.6 Å². The summed E-state index contributed by atoms with van der Waals surface area (Å²) in [7, 11) is 0.